The third-order valence-electron chi connectivity index (χ3n) is 6.81. The molecule has 0 spiro atoms. The summed E-state index contributed by atoms with van der Waals surface area (Å²) in [4.78, 5) is 12.1. The molecule has 1 aromatic carbocycles. The molecule has 0 N–H and O–H groups in total. The molecule has 204 valence electrons. The van der Waals surface area contributed by atoms with Gasteiger partial charge in [0, 0.05) is 55.2 Å². The van der Waals surface area contributed by atoms with Crippen molar-refractivity contribution < 1.29 is 35.9 Å². The number of allylic oxidation sites excluding steroid dienone is 2. The number of nitrogens with zero attached hydrogens (tertiary/aromatic N) is 1. The van der Waals surface area contributed by atoms with E-state index in [0.717, 1.165) is 23.8 Å². The highest BCUT2D eigenvalue weighted by atomic mass is 32.1. The highest BCUT2D eigenvalue weighted by molar-refractivity contribution is 7.12. The van der Waals surface area contributed by atoms with Crippen molar-refractivity contribution in [2.24, 2.45) is 0 Å². The molecule has 0 amide bonds. The summed E-state index contributed by atoms with van der Waals surface area (Å²) in [6, 6.07) is 7.51. The average molecular weight is 556 g/mol. The maximum absolute atomic E-state index is 15.6. The number of carbonyl (C=O) groups is 1. The summed E-state index contributed by atoms with van der Waals surface area (Å²) in [5, 5.41) is 0.199. The first kappa shape index (κ1) is 28.0. The van der Waals surface area contributed by atoms with Gasteiger partial charge in [-0.3, -0.25) is 0 Å². The third kappa shape index (κ3) is 4.08. The third-order valence-corrected chi connectivity index (χ3v) is 7.84. The van der Waals surface area contributed by atoms with Gasteiger partial charge >= 0.3 is 23.7 Å². The van der Waals surface area contributed by atoms with Crippen molar-refractivity contribution in [3.63, 3.8) is 0 Å². The van der Waals surface area contributed by atoms with E-state index in [1.54, 1.807) is 22.8 Å². The molecule has 2 aromatic heterocycles. The van der Waals surface area contributed by atoms with Crippen LogP contribution in [-0.4, -0.2) is 28.3 Å². The minimum Gasteiger partial charge on any atom is -0.457 e. The van der Waals surface area contributed by atoms with Gasteiger partial charge in [0.05, 0.1) is 0 Å². The van der Waals surface area contributed by atoms with Crippen molar-refractivity contribution in [1.82, 2.24) is 4.57 Å². The molecular weight excluding hydrogens is 528 g/mol. The number of para-hydroxylation sites is 1. The van der Waals surface area contributed by atoms with Crippen molar-refractivity contribution in [3.05, 3.63) is 69.1 Å². The summed E-state index contributed by atoms with van der Waals surface area (Å²) in [5.41, 5.74) is -2.68. The molecule has 0 radical (unpaired) electrons. The standard InChI is InChI=1S/C28H27F6NO2S/c1-6-7-12-35-16(4)22(19-10-8-9-11-21(19)35)24-23(26(29,30)28(33,34)27(24,31)32)20-13-18(38-17(20)5)14-37-25(36)15(2)3/h8-11,13H,2,6-7,12,14H2,1,3-5H3. The molecule has 2 heterocycles. The van der Waals surface area contributed by atoms with Crippen molar-refractivity contribution in [2.75, 3.05) is 0 Å². The van der Waals surface area contributed by atoms with Gasteiger partial charge in [0.15, 0.2) is 0 Å². The fraction of sp³-hybridized carbons (Fsp3) is 0.393. The van der Waals surface area contributed by atoms with Crippen LogP contribution in [0.2, 0.25) is 0 Å². The van der Waals surface area contributed by atoms with Gasteiger partial charge in [-0.1, -0.05) is 38.1 Å². The molecule has 1 aliphatic rings. The lowest BCUT2D eigenvalue weighted by molar-refractivity contribution is -0.254. The number of carbonyl (C=O) groups excluding carboxylic acids is 1. The van der Waals surface area contributed by atoms with Gasteiger partial charge in [-0.2, -0.15) is 26.3 Å². The molecule has 0 atom stereocenters. The predicted molar refractivity (Wildman–Crippen MR) is 137 cm³/mol. The molecule has 0 unspecified atom stereocenters. The smallest absolute Gasteiger partial charge is 0.380 e. The number of alkyl halides is 6. The molecule has 3 aromatic rings. The molecule has 0 aliphatic heterocycles. The number of aromatic nitrogens is 1. The number of halogens is 6. The van der Waals surface area contributed by atoms with Crippen LogP contribution in [0.25, 0.3) is 22.0 Å². The van der Waals surface area contributed by atoms with Crippen molar-refractivity contribution in [2.45, 2.75) is 71.5 Å². The first-order valence-corrected chi connectivity index (χ1v) is 12.9. The Balaban J connectivity index is 2.02. The second kappa shape index (κ2) is 9.63. The van der Waals surface area contributed by atoms with Gasteiger partial charge in [-0.05, 0) is 44.9 Å². The lowest BCUT2D eigenvalue weighted by Crippen LogP contribution is -2.49. The van der Waals surface area contributed by atoms with Gasteiger partial charge in [-0.15, -0.1) is 11.3 Å². The topological polar surface area (TPSA) is 31.2 Å². The zero-order valence-corrected chi connectivity index (χ0v) is 22.2. The molecule has 0 bridgehead atoms. The predicted octanol–water partition coefficient (Wildman–Crippen LogP) is 8.57. The number of esters is 1. The second-order valence-electron chi connectivity index (χ2n) is 9.49. The molecule has 38 heavy (non-hydrogen) atoms. The van der Waals surface area contributed by atoms with Crippen LogP contribution >= 0.6 is 11.3 Å². The van der Waals surface area contributed by atoms with E-state index >= 15 is 17.6 Å². The van der Waals surface area contributed by atoms with Crippen LogP contribution in [-0.2, 0) is 22.7 Å². The van der Waals surface area contributed by atoms with E-state index in [-0.39, 0.29) is 38.6 Å². The number of rotatable bonds is 8. The fourth-order valence-corrected chi connectivity index (χ4v) is 5.84. The molecule has 4 rings (SSSR count). The van der Waals surface area contributed by atoms with Crippen LogP contribution in [0.5, 0.6) is 0 Å². The van der Waals surface area contributed by atoms with Gasteiger partial charge in [0.2, 0.25) is 0 Å². The molecule has 0 saturated carbocycles. The van der Waals surface area contributed by atoms with E-state index in [1.807, 2.05) is 6.92 Å². The van der Waals surface area contributed by atoms with Crippen molar-refractivity contribution in [3.8, 4) is 0 Å². The maximum Gasteiger partial charge on any atom is 0.380 e. The molecule has 0 saturated heterocycles. The normalized spacial score (nSPS) is 17.8. The Labute approximate surface area is 220 Å². The summed E-state index contributed by atoms with van der Waals surface area (Å²) >= 11 is 0.908. The molecular formula is C28H27F6NO2S. The van der Waals surface area contributed by atoms with Gasteiger partial charge in [0.25, 0.3) is 0 Å². The largest absolute Gasteiger partial charge is 0.457 e. The molecule has 3 nitrogen and oxygen atoms in total. The van der Waals surface area contributed by atoms with Crippen LogP contribution in [0.15, 0.2) is 42.5 Å². The number of ether oxygens (including phenoxy) is 1. The lowest BCUT2D eigenvalue weighted by Gasteiger charge is -2.26. The van der Waals surface area contributed by atoms with Crippen molar-refractivity contribution in [1.29, 1.82) is 0 Å². The van der Waals surface area contributed by atoms with Gasteiger partial charge < -0.3 is 9.30 Å². The van der Waals surface area contributed by atoms with Crippen molar-refractivity contribution >= 4 is 39.4 Å². The van der Waals surface area contributed by atoms with Gasteiger partial charge in [-0.25, -0.2) is 4.79 Å². The summed E-state index contributed by atoms with van der Waals surface area (Å²) in [6.07, 6.45) is 1.47. The average Bonchev–Trinajstić information content (AvgIpc) is 3.37. The number of thiophene rings is 1. The first-order valence-electron chi connectivity index (χ1n) is 12.1. The quantitative estimate of drug-likeness (QED) is 0.158. The lowest BCUT2D eigenvalue weighted by atomic mass is 9.93. The number of hydrogen-bond donors (Lipinski definition) is 0. The second-order valence-corrected chi connectivity index (χ2v) is 10.8. The maximum atomic E-state index is 15.6. The Bertz CT molecular complexity index is 1460. The first-order chi connectivity index (χ1) is 17.7. The number of hydrogen-bond acceptors (Lipinski definition) is 3. The van der Waals surface area contributed by atoms with Crippen LogP contribution in [0.3, 0.4) is 0 Å². The van der Waals surface area contributed by atoms with Crippen LogP contribution in [0.4, 0.5) is 26.3 Å². The summed E-state index contributed by atoms with van der Waals surface area (Å²) in [5.74, 6) is -16.7. The zero-order chi connectivity index (χ0) is 28.2. The minimum absolute atomic E-state index is 0.111. The van der Waals surface area contributed by atoms with Crippen LogP contribution in [0.1, 0.15) is 53.3 Å². The monoisotopic (exact) mass is 555 g/mol. The minimum atomic E-state index is -5.66. The van der Waals surface area contributed by atoms with E-state index < -0.39 is 40.4 Å². The van der Waals surface area contributed by atoms with E-state index in [9.17, 15) is 13.6 Å². The highest BCUT2D eigenvalue weighted by Gasteiger charge is 2.80. The SMILES string of the molecule is C=C(C)C(=O)OCc1cc(C2=C(c3c(C)n(CCCC)c4ccccc34)C(F)(F)C(F)(F)C2(F)F)c(C)s1. The van der Waals surface area contributed by atoms with E-state index in [2.05, 4.69) is 6.58 Å². The molecule has 0 fully saturated rings. The summed E-state index contributed by atoms with van der Waals surface area (Å²) in [7, 11) is 0. The van der Waals surface area contributed by atoms with Crippen LogP contribution < -0.4 is 0 Å². The number of benzene rings is 1. The number of aryl methyl sites for hydroxylation is 2. The fourth-order valence-electron chi connectivity index (χ4n) is 4.88. The van der Waals surface area contributed by atoms with E-state index in [4.69, 9.17) is 4.74 Å². The van der Waals surface area contributed by atoms with Gasteiger partial charge in [0.1, 0.15) is 6.61 Å². The Kier molecular flexibility index (Phi) is 7.10. The Morgan fingerprint density at radius 2 is 1.68 bits per heavy atom. The Hall–Kier alpha value is -3.01. The molecule has 10 heteroatoms. The summed E-state index contributed by atoms with van der Waals surface area (Å²) < 4.78 is 98.8. The molecule has 1 aliphatic carbocycles. The zero-order valence-electron chi connectivity index (χ0n) is 21.4. The summed E-state index contributed by atoms with van der Waals surface area (Å²) in [6.45, 7) is 9.77. The van der Waals surface area contributed by atoms with Crippen LogP contribution in [0, 0.1) is 13.8 Å². The van der Waals surface area contributed by atoms with E-state index in [0.29, 0.717) is 18.5 Å². The highest BCUT2D eigenvalue weighted by Crippen LogP contribution is 2.66. The Morgan fingerprint density at radius 3 is 2.32 bits per heavy atom. The number of unbranched alkanes of at least 4 members (excludes halogenated alkanes) is 1. The van der Waals surface area contributed by atoms with E-state index in [1.165, 1.54) is 26.8 Å². The Morgan fingerprint density at radius 1 is 1.05 bits per heavy atom. The number of fused-ring (bicyclic) bond motifs is 1.